The number of nitrogens with zero attached hydrogens (tertiary/aromatic N) is 1. The van der Waals surface area contributed by atoms with E-state index in [9.17, 15) is 14.4 Å². The number of carbonyl (C=O) groups excluding carboxylic acids is 3. The molecule has 3 rings (SSSR count). The van der Waals surface area contributed by atoms with Crippen LogP contribution in [0.1, 0.15) is 29.3 Å². The van der Waals surface area contributed by atoms with E-state index in [4.69, 9.17) is 4.42 Å². The molecule has 8 heteroatoms. The average Bonchev–Trinajstić information content (AvgIpc) is 3.36. The summed E-state index contributed by atoms with van der Waals surface area (Å²) in [7, 11) is 0. The van der Waals surface area contributed by atoms with Gasteiger partial charge in [-0.1, -0.05) is 0 Å². The second-order valence-electron chi connectivity index (χ2n) is 6.18. The normalized spacial score (nSPS) is 19.3. The molecule has 26 heavy (non-hydrogen) atoms. The molecule has 1 aliphatic rings. The van der Waals surface area contributed by atoms with Gasteiger partial charge in [-0.05, 0) is 41.8 Å². The Morgan fingerprint density at radius 1 is 1.35 bits per heavy atom. The van der Waals surface area contributed by atoms with Crippen molar-refractivity contribution in [2.75, 3.05) is 13.1 Å². The SMILES string of the molecule is CCNC(=O)C1CC(NC(=O)c2ccoc2)CN1C(=O)Cc1ccsc1. The Hall–Kier alpha value is -2.61. The Morgan fingerprint density at radius 2 is 2.19 bits per heavy atom. The van der Waals surface area contributed by atoms with Crippen LogP contribution in [0.3, 0.4) is 0 Å². The minimum Gasteiger partial charge on any atom is -0.472 e. The summed E-state index contributed by atoms with van der Waals surface area (Å²) in [5.74, 6) is -0.573. The second-order valence-corrected chi connectivity index (χ2v) is 6.96. The van der Waals surface area contributed by atoms with E-state index in [-0.39, 0.29) is 30.2 Å². The molecule has 1 saturated heterocycles. The van der Waals surface area contributed by atoms with E-state index in [2.05, 4.69) is 10.6 Å². The summed E-state index contributed by atoms with van der Waals surface area (Å²) in [6, 6.07) is 2.62. The summed E-state index contributed by atoms with van der Waals surface area (Å²) in [6.45, 7) is 2.64. The van der Waals surface area contributed by atoms with Gasteiger partial charge < -0.3 is 20.0 Å². The molecule has 0 radical (unpaired) electrons. The Bertz CT molecular complexity index is 758. The van der Waals surface area contributed by atoms with E-state index < -0.39 is 6.04 Å². The second kappa shape index (κ2) is 8.18. The van der Waals surface area contributed by atoms with E-state index >= 15 is 0 Å². The van der Waals surface area contributed by atoms with Crippen molar-refractivity contribution in [2.45, 2.75) is 31.8 Å². The molecule has 2 aromatic rings. The lowest BCUT2D eigenvalue weighted by atomic mass is 10.1. The van der Waals surface area contributed by atoms with Crippen LogP contribution >= 0.6 is 11.3 Å². The van der Waals surface area contributed by atoms with Crippen LogP contribution in [0, 0.1) is 0 Å². The fourth-order valence-electron chi connectivity index (χ4n) is 3.09. The van der Waals surface area contributed by atoms with Crippen molar-refractivity contribution in [3.05, 3.63) is 46.5 Å². The highest BCUT2D eigenvalue weighted by atomic mass is 32.1. The van der Waals surface area contributed by atoms with Crippen molar-refractivity contribution in [1.82, 2.24) is 15.5 Å². The molecular formula is C18H21N3O4S. The van der Waals surface area contributed by atoms with Crippen LogP contribution < -0.4 is 10.6 Å². The fraction of sp³-hybridized carbons (Fsp3) is 0.389. The lowest BCUT2D eigenvalue weighted by Gasteiger charge is -2.23. The van der Waals surface area contributed by atoms with Crippen LogP contribution in [0.2, 0.25) is 0 Å². The zero-order valence-corrected chi connectivity index (χ0v) is 15.3. The summed E-state index contributed by atoms with van der Waals surface area (Å²) in [4.78, 5) is 38.9. The van der Waals surface area contributed by atoms with E-state index in [0.29, 0.717) is 25.1 Å². The van der Waals surface area contributed by atoms with Gasteiger partial charge in [-0.25, -0.2) is 0 Å². The molecule has 0 aliphatic carbocycles. The standard InChI is InChI=1S/C18H21N3O4S/c1-2-19-18(24)15-8-14(20-17(23)13-3-5-25-10-13)9-21(15)16(22)7-12-4-6-26-11-12/h3-6,10-11,14-15H,2,7-9H2,1H3,(H,19,24)(H,20,23). The molecule has 0 spiro atoms. The quantitative estimate of drug-likeness (QED) is 0.799. The highest BCUT2D eigenvalue weighted by Crippen LogP contribution is 2.21. The molecule has 138 valence electrons. The molecule has 1 aliphatic heterocycles. The predicted octanol–water partition coefficient (Wildman–Crippen LogP) is 1.42. The number of hydrogen-bond donors (Lipinski definition) is 2. The lowest BCUT2D eigenvalue weighted by molar-refractivity contribution is -0.137. The first kappa shape index (κ1) is 18.2. The zero-order chi connectivity index (χ0) is 18.5. The number of likely N-dealkylation sites (N-methyl/N-ethyl adjacent to an activating group) is 1. The van der Waals surface area contributed by atoms with Crippen LogP contribution in [-0.2, 0) is 16.0 Å². The maximum Gasteiger partial charge on any atom is 0.254 e. The minimum atomic E-state index is -0.573. The zero-order valence-electron chi connectivity index (χ0n) is 14.4. The largest absolute Gasteiger partial charge is 0.472 e. The number of carbonyl (C=O) groups is 3. The number of nitrogens with one attached hydrogen (secondary N) is 2. The molecule has 2 aromatic heterocycles. The predicted molar refractivity (Wildman–Crippen MR) is 96.8 cm³/mol. The van der Waals surface area contributed by atoms with Crippen molar-refractivity contribution >= 4 is 29.1 Å². The van der Waals surface area contributed by atoms with Gasteiger partial charge in [0.1, 0.15) is 12.3 Å². The van der Waals surface area contributed by atoms with Gasteiger partial charge >= 0.3 is 0 Å². The van der Waals surface area contributed by atoms with Crippen LogP contribution in [0.15, 0.2) is 39.8 Å². The summed E-state index contributed by atoms with van der Waals surface area (Å²) in [6.07, 6.45) is 3.44. The van der Waals surface area contributed by atoms with Gasteiger partial charge in [-0.15, -0.1) is 0 Å². The smallest absolute Gasteiger partial charge is 0.254 e. The first-order chi connectivity index (χ1) is 12.6. The van der Waals surface area contributed by atoms with Crippen LogP contribution in [-0.4, -0.2) is 47.8 Å². The van der Waals surface area contributed by atoms with Gasteiger partial charge in [0.25, 0.3) is 5.91 Å². The molecule has 3 amide bonds. The summed E-state index contributed by atoms with van der Waals surface area (Å²) in [5, 5.41) is 9.50. The number of likely N-dealkylation sites (tertiary alicyclic amines) is 1. The number of thiophene rings is 1. The number of rotatable bonds is 6. The van der Waals surface area contributed by atoms with Gasteiger partial charge in [0.05, 0.1) is 18.2 Å². The van der Waals surface area contributed by atoms with Crippen LogP contribution in [0.4, 0.5) is 0 Å². The Kier molecular flexibility index (Phi) is 5.72. The van der Waals surface area contributed by atoms with Crippen molar-refractivity contribution in [1.29, 1.82) is 0 Å². The summed E-state index contributed by atoms with van der Waals surface area (Å²) >= 11 is 1.53. The molecule has 0 saturated carbocycles. The number of furan rings is 1. The maximum atomic E-state index is 12.7. The van der Waals surface area contributed by atoms with Gasteiger partial charge in [0, 0.05) is 19.1 Å². The molecule has 2 unspecified atom stereocenters. The van der Waals surface area contributed by atoms with Crippen LogP contribution in [0.5, 0.6) is 0 Å². The van der Waals surface area contributed by atoms with E-state index in [0.717, 1.165) is 5.56 Å². The molecule has 2 N–H and O–H groups in total. The Labute approximate surface area is 155 Å². The van der Waals surface area contributed by atoms with Gasteiger partial charge in [-0.3, -0.25) is 14.4 Å². The Morgan fingerprint density at radius 3 is 2.85 bits per heavy atom. The molecule has 2 atom stereocenters. The number of amides is 3. The van der Waals surface area contributed by atoms with Crippen molar-refractivity contribution < 1.29 is 18.8 Å². The van der Waals surface area contributed by atoms with Gasteiger partial charge in [-0.2, -0.15) is 11.3 Å². The third-order valence-corrected chi connectivity index (χ3v) is 5.06. The monoisotopic (exact) mass is 375 g/mol. The summed E-state index contributed by atoms with van der Waals surface area (Å²) in [5.41, 5.74) is 1.35. The summed E-state index contributed by atoms with van der Waals surface area (Å²) < 4.78 is 4.92. The first-order valence-electron chi connectivity index (χ1n) is 8.49. The first-order valence-corrected chi connectivity index (χ1v) is 9.44. The van der Waals surface area contributed by atoms with Crippen LogP contribution in [0.25, 0.3) is 0 Å². The lowest BCUT2D eigenvalue weighted by Crippen LogP contribution is -2.46. The Balaban J connectivity index is 1.69. The molecular weight excluding hydrogens is 354 g/mol. The third-order valence-electron chi connectivity index (χ3n) is 4.33. The van der Waals surface area contributed by atoms with Gasteiger partial charge in [0.2, 0.25) is 11.8 Å². The molecule has 0 bridgehead atoms. The topological polar surface area (TPSA) is 91.7 Å². The highest BCUT2D eigenvalue weighted by molar-refractivity contribution is 7.08. The molecule has 1 fully saturated rings. The average molecular weight is 375 g/mol. The molecule has 3 heterocycles. The van der Waals surface area contributed by atoms with Gasteiger partial charge in [0.15, 0.2) is 0 Å². The maximum absolute atomic E-state index is 12.7. The minimum absolute atomic E-state index is 0.111. The van der Waals surface area contributed by atoms with Crippen molar-refractivity contribution in [2.24, 2.45) is 0 Å². The fourth-order valence-corrected chi connectivity index (χ4v) is 3.76. The number of hydrogen-bond acceptors (Lipinski definition) is 5. The van der Waals surface area contributed by atoms with Crippen molar-refractivity contribution in [3.63, 3.8) is 0 Å². The van der Waals surface area contributed by atoms with Crippen molar-refractivity contribution in [3.8, 4) is 0 Å². The molecule has 0 aromatic carbocycles. The third kappa shape index (κ3) is 4.13. The highest BCUT2D eigenvalue weighted by Gasteiger charge is 2.39. The molecule has 7 nitrogen and oxygen atoms in total. The van der Waals surface area contributed by atoms with E-state index in [1.165, 1.54) is 23.9 Å². The van der Waals surface area contributed by atoms with E-state index in [1.54, 1.807) is 11.0 Å². The van der Waals surface area contributed by atoms with E-state index in [1.807, 2.05) is 23.8 Å².